The number of hydrogen-bond acceptors (Lipinski definition) is 7. The Labute approximate surface area is 97.0 Å². The fourth-order valence-electron chi connectivity index (χ4n) is 1.46. The smallest absolute Gasteiger partial charge is 0.225 e. The van der Waals surface area contributed by atoms with Crippen LogP contribution in [0.15, 0.2) is 24.3 Å². The molecule has 2 rings (SSSR count). The van der Waals surface area contributed by atoms with E-state index in [-0.39, 0.29) is 18.5 Å². The minimum atomic E-state index is 0.0294. The molecule has 2 aromatic rings. The maximum absolute atomic E-state index is 8.50. The molecule has 7 heteroatoms. The van der Waals surface area contributed by atoms with Crippen molar-refractivity contribution in [2.45, 2.75) is 6.61 Å². The third kappa shape index (κ3) is 2.47. The first kappa shape index (κ1) is 11.2. The summed E-state index contributed by atoms with van der Waals surface area (Å²) >= 11 is 0. The summed E-state index contributed by atoms with van der Waals surface area (Å²) in [5.74, 6) is 0.446. The van der Waals surface area contributed by atoms with E-state index in [1.54, 1.807) is 12.1 Å². The average Bonchev–Trinajstić information content (AvgIpc) is 2.29. The monoisotopic (exact) mass is 233 g/mol. The number of benzene rings is 1. The summed E-state index contributed by atoms with van der Waals surface area (Å²) in [7, 11) is 0. The first-order chi connectivity index (χ1) is 8.20. The molecule has 0 amide bonds. The number of nitrogens with zero attached hydrogens (tertiary/aromatic N) is 3. The molecule has 1 aromatic heterocycles. The Morgan fingerprint density at radius 3 is 2.35 bits per heavy atom. The van der Waals surface area contributed by atoms with Crippen LogP contribution in [0.3, 0.4) is 0 Å². The number of rotatable bonds is 3. The minimum absolute atomic E-state index is 0.0294. The Kier molecular flexibility index (Phi) is 3.12. The quantitative estimate of drug-likeness (QED) is 0.526. The molecule has 0 unspecified atom stereocenters. The second kappa shape index (κ2) is 4.73. The van der Waals surface area contributed by atoms with Crippen LogP contribution in [0.25, 0.3) is 11.4 Å². The Bertz CT molecular complexity index is 512. The van der Waals surface area contributed by atoms with Gasteiger partial charge >= 0.3 is 0 Å². The number of hydrogen-bond donors (Lipinski definition) is 3. The molecule has 0 radical (unpaired) electrons. The van der Waals surface area contributed by atoms with Crippen LogP contribution in [-0.4, -0.2) is 20.2 Å². The van der Waals surface area contributed by atoms with E-state index in [1.807, 2.05) is 12.1 Å². The Morgan fingerprint density at radius 1 is 1.06 bits per heavy atom. The lowest BCUT2D eigenvalue weighted by Gasteiger charge is -2.07. The number of nitrogens with two attached hydrogens (primary N) is 2. The molecule has 0 saturated carbocycles. The summed E-state index contributed by atoms with van der Waals surface area (Å²) in [6.07, 6.45) is 0. The van der Waals surface area contributed by atoms with E-state index >= 15 is 0 Å². The van der Waals surface area contributed by atoms with E-state index in [1.165, 1.54) is 0 Å². The van der Waals surface area contributed by atoms with Crippen LogP contribution in [0, 0.1) is 0 Å². The zero-order valence-corrected chi connectivity index (χ0v) is 8.87. The molecule has 7 nitrogen and oxygen atoms in total. The summed E-state index contributed by atoms with van der Waals surface area (Å²) in [6, 6.07) is 7.18. The predicted octanol–water partition coefficient (Wildman–Crippen LogP) is 0.693. The molecular formula is C10H11N5O2. The van der Waals surface area contributed by atoms with Gasteiger partial charge in [-0.25, -0.2) is 4.89 Å². The Hall–Kier alpha value is -2.25. The van der Waals surface area contributed by atoms with Gasteiger partial charge in [-0.1, -0.05) is 24.3 Å². The number of nitrogen functional groups attached to an aromatic ring is 2. The largest absolute Gasteiger partial charge is 0.368 e. The zero-order valence-electron chi connectivity index (χ0n) is 8.87. The maximum Gasteiger partial charge on any atom is 0.225 e. The topological polar surface area (TPSA) is 120 Å². The summed E-state index contributed by atoms with van der Waals surface area (Å²) in [4.78, 5) is 15.8. The van der Waals surface area contributed by atoms with Crippen LogP contribution >= 0.6 is 0 Å². The first-order valence-electron chi connectivity index (χ1n) is 4.82. The molecule has 0 fully saturated rings. The third-order valence-electron chi connectivity index (χ3n) is 2.15. The van der Waals surface area contributed by atoms with Crippen molar-refractivity contribution in [1.82, 2.24) is 15.0 Å². The SMILES string of the molecule is Nc1nc(N)nc(-c2ccccc2COO)n1. The molecule has 88 valence electrons. The van der Waals surface area contributed by atoms with Crippen molar-refractivity contribution in [3.05, 3.63) is 29.8 Å². The first-order valence-corrected chi connectivity index (χ1v) is 4.82. The highest BCUT2D eigenvalue weighted by Crippen LogP contribution is 2.21. The van der Waals surface area contributed by atoms with Crippen molar-refractivity contribution in [2.75, 3.05) is 11.5 Å². The lowest BCUT2D eigenvalue weighted by molar-refractivity contribution is -0.252. The van der Waals surface area contributed by atoms with Crippen LogP contribution in [-0.2, 0) is 11.5 Å². The fraction of sp³-hybridized carbons (Fsp3) is 0.100. The van der Waals surface area contributed by atoms with Gasteiger partial charge in [0.05, 0.1) is 0 Å². The molecule has 1 aromatic carbocycles. The van der Waals surface area contributed by atoms with E-state index in [9.17, 15) is 0 Å². The van der Waals surface area contributed by atoms with Crippen molar-refractivity contribution < 1.29 is 10.1 Å². The van der Waals surface area contributed by atoms with Crippen molar-refractivity contribution >= 4 is 11.9 Å². The molecule has 5 N–H and O–H groups in total. The van der Waals surface area contributed by atoms with Crippen molar-refractivity contribution in [2.24, 2.45) is 0 Å². The average molecular weight is 233 g/mol. The van der Waals surface area contributed by atoms with Crippen LogP contribution in [0.1, 0.15) is 5.56 Å². The van der Waals surface area contributed by atoms with Gasteiger partial charge in [0.1, 0.15) is 6.61 Å². The van der Waals surface area contributed by atoms with E-state index in [0.717, 1.165) is 5.56 Å². The molecule has 0 aliphatic heterocycles. The van der Waals surface area contributed by atoms with Crippen LogP contribution < -0.4 is 11.5 Å². The van der Waals surface area contributed by atoms with Crippen LogP contribution in [0.2, 0.25) is 0 Å². The molecule has 0 aliphatic rings. The lowest BCUT2D eigenvalue weighted by atomic mass is 10.1. The molecule has 1 heterocycles. The van der Waals surface area contributed by atoms with E-state index < -0.39 is 0 Å². The van der Waals surface area contributed by atoms with Crippen molar-refractivity contribution in [3.8, 4) is 11.4 Å². The second-order valence-corrected chi connectivity index (χ2v) is 3.31. The molecule has 0 bridgehead atoms. The predicted molar refractivity (Wildman–Crippen MR) is 61.5 cm³/mol. The maximum atomic E-state index is 8.50. The standard InChI is InChI=1S/C10H11N5O2/c11-9-13-8(14-10(12)15-9)7-4-2-1-3-6(7)5-17-16/h1-4,16H,5H2,(H4,11,12,13,14,15). The zero-order chi connectivity index (χ0) is 12.3. The van der Waals surface area contributed by atoms with E-state index in [4.69, 9.17) is 16.7 Å². The van der Waals surface area contributed by atoms with Gasteiger partial charge in [-0.3, -0.25) is 5.26 Å². The van der Waals surface area contributed by atoms with Gasteiger partial charge in [-0.05, 0) is 5.56 Å². The normalized spacial score (nSPS) is 10.4. The molecule has 0 saturated heterocycles. The van der Waals surface area contributed by atoms with Gasteiger partial charge < -0.3 is 11.5 Å². The van der Waals surface area contributed by atoms with Gasteiger partial charge in [0, 0.05) is 5.56 Å². The molecule has 0 aliphatic carbocycles. The highest BCUT2D eigenvalue weighted by molar-refractivity contribution is 5.61. The summed E-state index contributed by atoms with van der Waals surface area (Å²) in [5, 5.41) is 8.50. The Balaban J connectivity index is 2.51. The summed E-state index contributed by atoms with van der Waals surface area (Å²) < 4.78 is 0. The molecular weight excluding hydrogens is 222 g/mol. The molecule has 17 heavy (non-hydrogen) atoms. The summed E-state index contributed by atoms with van der Waals surface area (Å²) in [6.45, 7) is 0.0294. The minimum Gasteiger partial charge on any atom is -0.368 e. The van der Waals surface area contributed by atoms with Gasteiger partial charge in [-0.2, -0.15) is 15.0 Å². The van der Waals surface area contributed by atoms with Gasteiger partial charge in [0.15, 0.2) is 5.82 Å². The molecule has 0 atom stereocenters. The second-order valence-electron chi connectivity index (χ2n) is 3.31. The van der Waals surface area contributed by atoms with E-state index in [2.05, 4.69) is 19.8 Å². The summed E-state index contributed by atoms with van der Waals surface area (Å²) in [5.41, 5.74) is 12.4. The number of aromatic nitrogens is 3. The van der Waals surface area contributed by atoms with Gasteiger partial charge in [0.25, 0.3) is 0 Å². The Morgan fingerprint density at radius 2 is 1.71 bits per heavy atom. The third-order valence-corrected chi connectivity index (χ3v) is 2.15. The van der Waals surface area contributed by atoms with Crippen molar-refractivity contribution in [1.29, 1.82) is 0 Å². The van der Waals surface area contributed by atoms with Gasteiger partial charge in [0.2, 0.25) is 11.9 Å². The highest BCUT2D eigenvalue weighted by atomic mass is 17.1. The number of anilines is 2. The van der Waals surface area contributed by atoms with E-state index in [0.29, 0.717) is 11.4 Å². The van der Waals surface area contributed by atoms with Crippen LogP contribution in [0.5, 0.6) is 0 Å². The van der Waals surface area contributed by atoms with Gasteiger partial charge in [-0.15, -0.1) is 0 Å². The highest BCUT2D eigenvalue weighted by Gasteiger charge is 2.09. The lowest BCUT2D eigenvalue weighted by Crippen LogP contribution is -2.05. The van der Waals surface area contributed by atoms with Crippen LogP contribution in [0.4, 0.5) is 11.9 Å². The molecule has 0 spiro atoms. The van der Waals surface area contributed by atoms with Crippen molar-refractivity contribution in [3.63, 3.8) is 0 Å². The fourth-order valence-corrected chi connectivity index (χ4v) is 1.46.